The van der Waals surface area contributed by atoms with Gasteiger partial charge in [-0.15, -0.1) is 0 Å². The van der Waals surface area contributed by atoms with Crippen LogP contribution in [0, 0.1) is 52.3 Å². The van der Waals surface area contributed by atoms with E-state index >= 15 is 0 Å². The van der Waals surface area contributed by atoms with Gasteiger partial charge < -0.3 is 54.3 Å². The number of aliphatic hydroxyl groups excluding tert-OH is 6. The minimum Gasteiger partial charge on any atom is -0.504 e. The highest BCUT2D eigenvalue weighted by Gasteiger charge is 2.64. The Kier molecular flexibility index (Phi) is 12.9. The lowest BCUT2D eigenvalue weighted by Gasteiger charge is -2.60. The molecule has 3 saturated carbocycles. The third-order valence-electron chi connectivity index (χ3n) is 15.2. The summed E-state index contributed by atoms with van der Waals surface area (Å²) in [5, 5.41) is 64.7. The minimum atomic E-state index is -1.74. The number of methoxy groups -OCH3 is 1. The first-order valence-electron chi connectivity index (χ1n) is 20.9. The topological polar surface area (TPSA) is 219 Å². The summed E-state index contributed by atoms with van der Waals surface area (Å²) in [6.07, 6.45) is -9.15. The fourth-order valence-electron chi connectivity index (χ4n) is 12.2. The number of esters is 1. The van der Waals surface area contributed by atoms with Gasteiger partial charge in [0.15, 0.2) is 24.4 Å². The Morgan fingerprint density at radius 1 is 0.875 bits per heavy atom. The number of allylic oxidation sites excluding steroid dienone is 2. The monoisotopic (exact) mass is 794 g/mol. The van der Waals surface area contributed by atoms with Crippen LogP contribution in [-0.4, -0.2) is 123 Å². The minimum absolute atomic E-state index is 0.0445. The summed E-state index contributed by atoms with van der Waals surface area (Å²) in [5.41, 5.74) is 0.158. The number of carbonyl (C=O) groups is 3. The van der Waals surface area contributed by atoms with E-state index < -0.39 is 72.8 Å². The first-order valence-corrected chi connectivity index (χ1v) is 20.9. The molecule has 14 heteroatoms. The molecule has 2 aliphatic heterocycles. The van der Waals surface area contributed by atoms with E-state index in [0.717, 1.165) is 51.2 Å². The second-order valence-corrected chi connectivity index (χ2v) is 18.7. The van der Waals surface area contributed by atoms with Crippen molar-refractivity contribution in [3.05, 3.63) is 11.3 Å². The fourth-order valence-corrected chi connectivity index (χ4v) is 12.2. The van der Waals surface area contributed by atoms with Crippen LogP contribution >= 0.6 is 0 Å². The van der Waals surface area contributed by atoms with Crippen molar-refractivity contribution in [2.75, 3.05) is 7.11 Å². The van der Waals surface area contributed by atoms with Crippen molar-refractivity contribution in [1.29, 1.82) is 0 Å². The van der Waals surface area contributed by atoms with Gasteiger partial charge in [0, 0.05) is 23.7 Å². The summed E-state index contributed by atoms with van der Waals surface area (Å²) >= 11 is 0. The maximum atomic E-state index is 14.0. The first-order chi connectivity index (χ1) is 26.3. The molecule has 6 N–H and O–H groups in total. The van der Waals surface area contributed by atoms with E-state index in [1.165, 1.54) is 6.92 Å². The number of rotatable bonds is 11. The molecule has 0 bridgehead atoms. The van der Waals surface area contributed by atoms with Gasteiger partial charge in [-0.1, -0.05) is 41.5 Å². The van der Waals surface area contributed by atoms with Crippen LogP contribution in [-0.2, 0) is 38.1 Å². The second-order valence-electron chi connectivity index (χ2n) is 18.7. The molecule has 0 aromatic carbocycles. The van der Waals surface area contributed by atoms with Gasteiger partial charge in [-0.25, -0.2) is 4.79 Å². The Labute approximate surface area is 330 Å². The zero-order valence-corrected chi connectivity index (χ0v) is 34.2. The van der Waals surface area contributed by atoms with Crippen molar-refractivity contribution in [3.63, 3.8) is 0 Å². The molecule has 19 atom stereocenters. The highest BCUT2D eigenvalue weighted by Crippen LogP contribution is 2.67. The van der Waals surface area contributed by atoms with Gasteiger partial charge in [0.05, 0.1) is 19.3 Å². The standard InChI is InChI=1S/C42H66O14/c1-9-23(18(2)3)26(43)16-19(4)27-30(45)31(46)28-24-11-10-21-17-22(12-14-41(21,6)25(24)13-15-42(27,28)7)54-40-35(50)33(48)36(37(56-40)38(51)52-8)55-39-34(49)32(47)29(44)20(5)53-39/h18-25,28-29,32-37,39-40,44-45,47-50H,9-17H2,1-8H3/t19-,20+,21+,22+,23+,24-,25+,28+,29+,32-,33-,34-,35-,36+,37+,39+,40-,41+,42-/m1/s1. The summed E-state index contributed by atoms with van der Waals surface area (Å²) in [5.74, 6) is -0.823. The molecule has 5 fully saturated rings. The Bertz CT molecular complexity index is 1500. The lowest BCUT2D eigenvalue weighted by Crippen LogP contribution is -2.65. The van der Waals surface area contributed by atoms with Crippen molar-refractivity contribution in [2.24, 2.45) is 52.3 Å². The maximum absolute atomic E-state index is 14.0. The first kappa shape index (κ1) is 43.6. The molecule has 0 aromatic rings. The number of ketones is 2. The normalized spacial score (nSPS) is 46.5. The summed E-state index contributed by atoms with van der Waals surface area (Å²) < 4.78 is 28.4. The van der Waals surface area contributed by atoms with Crippen molar-refractivity contribution in [1.82, 2.24) is 0 Å². The van der Waals surface area contributed by atoms with Crippen LogP contribution in [0.4, 0.5) is 0 Å². The number of Topliss-reactive ketones (excluding diaryl/α,β-unsaturated/α-hetero) is 2. The summed E-state index contributed by atoms with van der Waals surface area (Å²) in [7, 11) is 1.13. The summed E-state index contributed by atoms with van der Waals surface area (Å²) in [4.78, 5) is 40.3. The molecule has 2 saturated heterocycles. The van der Waals surface area contributed by atoms with Crippen LogP contribution in [0.25, 0.3) is 0 Å². The number of hydrogen-bond acceptors (Lipinski definition) is 14. The van der Waals surface area contributed by atoms with E-state index in [1.54, 1.807) is 0 Å². The molecular weight excluding hydrogens is 728 g/mol. The van der Waals surface area contributed by atoms with Gasteiger partial charge in [0.25, 0.3) is 0 Å². The van der Waals surface area contributed by atoms with Crippen LogP contribution < -0.4 is 0 Å². The number of hydrogen-bond donors (Lipinski definition) is 6. The largest absolute Gasteiger partial charge is 0.504 e. The van der Waals surface area contributed by atoms with E-state index in [4.69, 9.17) is 23.7 Å². The van der Waals surface area contributed by atoms with Crippen molar-refractivity contribution >= 4 is 17.5 Å². The number of carbonyl (C=O) groups excluding carboxylic acids is 3. The summed E-state index contributed by atoms with van der Waals surface area (Å²) in [6.45, 7) is 14.0. The average Bonchev–Trinajstić information content (AvgIpc) is 3.36. The molecule has 6 rings (SSSR count). The van der Waals surface area contributed by atoms with Gasteiger partial charge in [-0.2, -0.15) is 0 Å². The van der Waals surface area contributed by atoms with Gasteiger partial charge in [-0.3, -0.25) is 9.59 Å². The molecule has 2 heterocycles. The molecule has 0 radical (unpaired) electrons. The quantitative estimate of drug-likeness (QED) is 0.131. The highest BCUT2D eigenvalue weighted by atomic mass is 16.7. The van der Waals surface area contributed by atoms with Gasteiger partial charge in [-0.05, 0) is 98.9 Å². The van der Waals surface area contributed by atoms with E-state index in [0.29, 0.717) is 19.3 Å². The molecule has 0 spiro atoms. The van der Waals surface area contributed by atoms with Crippen LogP contribution in [0.3, 0.4) is 0 Å². The molecular formula is C42H66O14. The lowest BCUT2D eigenvalue weighted by atomic mass is 9.44. The molecule has 56 heavy (non-hydrogen) atoms. The van der Waals surface area contributed by atoms with Crippen LogP contribution in [0.1, 0.15) is 106 Å². The summed E-state index contributed by atoms with van der Waals surface area (Å²) in [6, 6.07) is 0. The molecule has 318 valence electrons. The third kappa shape index (κ3) is 7.42. The van der Waals surface area contributed by atoms with Gasteiger partial charge in [0.1, 0.15) is 42.4 Å². The van der Waals surface area contributed by atoms with Crippen LogP contribution in [0.2, 0.25) is 0 Å². The second kappa shape index (κ2) is 16.6. The fraction of sp³-hybridized carbons (Fsp3) is 0.881. The smallest absolute Gasteiger partial charge is 0.337 e. The predicted molar refractivity (Wildman–Crippen MR) is 199 cm³/mol. The van der Waals surface area contributed by atoms with Crippen LogP contribution in [0.15, 0.2) is 11.3 Å². The van der Waals surface area contributed by atoms with Crippen LogP contribution in [0.5, 0.6) is 0 Å². The Morgan fingerprint density at radius 3 is 2.18 bits per heavy atom. The van der Waals surface area contributed by atoms with Crippen molar-refractivity contribution in [3.8, 4) is 0 Å². The molecule has 0 unspecified atom stereocenters. The van der Waals surface area contributed by atoms with E-state index in [-0.39, 0.29) is 70.3 Å². The van der Waals surface area contributed by atoms with Crippen molar-refractivity contribution in [2.45, 2.75) is 174 Å². The zero-order chi connectivity index (χ0) is 41.2. The molecule has 0 amide bonds. The Morgan fingerprint density at radius 2 is 1.54 bits per heavy atom. The highest BCUT2D eigenvalue weighted by molar-refractivity contribution is 6.00. The number of fused-ring (bicyclic) bond motifs is 5. The molecule has 6 aliphatic rings. The average molecular weight is 795 g/mol. The molecule has 4 aliphatic carbocycles. The van der Waals surface area contributed by atoms with Crippen molar-refractivity contribution < 1.29 is 68.7 Å². The van der Waals surface area contributed by atoms with Gasteiger partial charge >= 0.3 is 5.97 Å². The maximum Gasteiger partial charge on any atom is 0.337 e. The number of ether oxygens (including phenoxy) is 5. The Hall–Kier alpha value is -2.01. The predicted octanol–water partition coefficient (Wildman–Crippen LogP) is 3.13. The van der Waals surface area contributed by atoms with Gasteiger partial charge in [0.2, 0.25) is 5.78 Å². The lowest BCUT2D eigenvalue weighted by molar-refractivity contribution is -0.356. The molecule has 0 aromatic heterocycles. The number of aliphatic hydroxyl groups is 6. The van der Waals surface area contributed by atoms with E-state index in [9.17, 15) is 45.0 Å². The van der Waals surface area contributed by atoms with E-state index in [2.05, 4.69) is 27.7 Å². The Balaban J connectivity index is 1.12. The van der Waals surface area contributed by atoms with E-state index in [1.807, 2.05) is 13.8 Å². The molecule has 14 nitrogen and oxygen atoms in total. The third-order valence-corrected chi connectivity index (χ3v) is 15.2. The SMILES string of the molecule is CC[C@H](C(=O)C[C@@H](C)C1=C(O)C(=O)[C@@H]2[C@@H]3CC[C@H]4C[C@@H](O[C@@H]5O[C@H](C(=O)OC)[C@@H](O[C@@H]6O[C@@H](C)[C@H](O)[C@@H](O)[C@H]6O)[C@H](O)[C@H]5O)CC[C@]4(C)[C@H]3CC[C@]12C)C(C)C. The zero-order valence-electron chi connectivity index (χ0n) is 34.2.